The summed E-state index contributed by atoms with van der Waals surface area (Å²) in [6.45, 7) is 2.59. The van der Waals surface area contributed by atoms with E-state index in [1.165, 1.54) is 12.0 Å². The first kappa shape index (κ1) is 22.4. The van der Waals surface area contributed by atoms with Gasteiger partial charge in [-0.15, -0.1) is 0 Å². The molecule has 1 N–H and O–H groups in total. The van der Waals surface area contributed by atoms with Crippen LogP contribution in [0.4, 0.5) is 0 Å². The van der Waals surface area contributed by atoms with Gasteiger partial charge < -0.3 is 24.2 Å². The highest BCUT2D eigenvalue weighted by atomic mass is 16.5. The molecule has 0 aromatic heterocycles. The van der Waals surface area contributed by atoms with Crippen LogP contribution in [0.5, 0.6) is 11.5 Å². The predicted octanol–water partition coefficient (Wildman–Crippen LogP) is 3.47. The van der Waals surface area contributed by atoms with Gasteiger partial charge in [0.15, 0.2) is 0 Å². The molecule has 1 aliphatic rings. The number of amides is 1. The molecule has 7 nitrogen and oxygen atoms in total. The van der Waals surface area contributed by atoms with Crippen molar-refractivity contribution in [2.45, 2.75) is 19.4 Å². The van der Waals surface area contributed by atoms with Crippen LogP contribution in [0.1, 0.15) is 29.2 Å². The molecule has 0 spiro atoms. The Morgan fingerprint density at radius 1 is 1.03 bits per heavy atom. The first-order chi connectivity index (χ1) is 14.9. The van der Waals surface area contributed by atoms with Crippen molar-refractivity contribution in [2.75, 3.05) is 34.5 Å². The maximum atomic E-state index is 13.0. The van der Waals surface area contributed by atoms with Crippen LogP contribution in [0, 0.1) is 6.92 Å². The van der Waals surface area contributed by atoms with Crippen molar-refractivity contribution >= 4 is 17.4 Å². The molecule has 7 heteroatoms. The minimum absolute atomic E-state index is 0.0384. The summed E-state index contributed by atoms with van der Waals surface area (Å²) in [4.78, 5) is 27.4. The number of ether oxygens (including phenoxy) is 3. The predicted molar refractivity (Wildman–Crippen MR) is 116 cm³/mol. The number of carbonyl (C=O) groups excluding carboxylic acids is 2. The summed E-state index contributed by atoms with van der Waals surface area (Å²) in [5.41, 5.74) is 1.91. The third kappa shape index (κ3) is 4.27. The SMILES string of the molecule is COCCCN1C(=O)C(=O)/C(=C(/O)c2ccc(OC)c(C)c2)[C@@H]1c1ccccc1OC. The molecular weight excluding hydrogens is 398 g/mol. The average Bonchev–Trinajstić information content (AvgIpc) is 3.03. The molecule has 0 bridgehead atoms. The number of hydrogen-bond donors (Lipinski definition) is 1. The van der Waals surface area contributed by atoms with E-state index in [1.54, 1.807) is 44.6 Å². The number of methoxy groups -OCH3 is 3. The summed E-state index contributed by atoms with van der Waals surface area (Å²) in [7, 11) is 4.68. The Labute approximate surface area is 181 Å². The van der Waals surface area contributed by atoms with E-state index in [0.29, 0.717) is 42.2 Å². The molecule has 2 aromatic carbocycles. The van der Waals surface area contributed by atoms with Gasteiger partial charge in [0.25, 0.3) is 11.7 Å². The Morgan fingerprint density at radius 2 is 1.74 bits per heavy atom. The summed E-state index contributed by atoms with van der Waals surface area (Å²) in [5.74, 6) is -0.409. The van der Waals surface area contributed by atoms with Gasteiger partial charge in [-0.05, 0) is 43.2 Å². The van der Waals surface area contributed by atoms with Gasteiger partial charge in [0.05, 0.1) is 25.8 Å². The lowest BCUT2D eigenvalue weighted by Crippen LogP contribution is -2.31. The molecule has 0 unspecified atom stereocenters. The molecule has 0 saturated carbocycles. The van der Waals surface area contributed by atoms with Crippen molar-refractivity contribution in [3.63, 3.8) is 0 Å². The monoisotopic (exact) mass is 425 g/mol. The van der Waals surface area contributed by atoms with Crippen LogP contribution in [-0.4, -0.2) is 56.2 Å². The Hall–Kier alpha value is -3.32. The Balaban J connectivity index is 2.17. The van der Waals surface area contributed by atoms with Crippen LogP contribution in [0.25, 0.3) is 5.76 Å². The van der Waals surface area contributed by atoms with E-state index in [9.17, 15) is 14.7 Å². The van der Waals surface area contributed by atoms with Crippen LogP contribution < -0.4 is 9.47 Å². The number of likely N-dealkylation sites (tertiary alicyclic amines) is 1. The molecule has 2 aromatic rings. The molecule has 1 atom stereocenters. The quantitative estimate of drug-likeness (QED) is 0.302. The van der Waals surface area contributed by atoms with Gasteiger partial charge in [-0.3, -0.25) is 9.59 Å². The van der Waals surface area contributed by atoms with Crippen LogP contribution in [0.2, 0.25) is 0 Å². The number of aliphatic hydroxyl groups is 1. The fraction of sp³-hybridized carbons (Fsp3) is 0.333. The van der Waals surface area contributed by atoms with Crippen molar-refractivity contribution in [1.29, 1.82) is 0 Å². The smallest absolute Gasteiger partial charge is 0.295 e. The topological polar surface area (TPSA) is 85.3 Å². The summed E-state index contributed by atoms with van der Waals surface area (Å²) >= 11 is 0. The number of carbonyl (C=O) groups is 2. The van der Waals surface area contributed by atoms with E-state index in [4.69, 9.17) is 14.2 Å². The zero-order valence-corrected chi connectivity index (χ0v) is 18.2. The van der Waals surface area contributed by atoms with Crippen molar-refractivity contribution in [3.8, 4) is 11.5 Å². The first-order valence-corrected chi connectivity index (χ1v) is 9.99. The molecule has 1 fully saturated rings. The fourth-order valence-electron chi connectivity index (χ4n) is 3.89. The highest BCUT2D eigenvalue weighted by Crippen LogP contribution is 2.42. The molecule has 3 rings (SSSR count). The second kappa shape index (κ2) is 9.66. The van der Waals surface area contributed by atoms with E-state index in [2.05, 4.69) is 0 Å². The standard InChI is InChI=1S/C24H27NO6/c1-15-14-16(10-11-18(15)30-3)22(26)20-21(17-8-5-6-9-19(17)31-4)25(12-7-13-29-2)24(28)23(20)27/h5-6,8-11,14,21,26H,7,12-13H2,1-4H3/b22-20+/t21-/m0/s1. The van der Waals surface area contributed by atoms with Crippen LogP contribution in [0.3, 0.4) is 0 Å². The molecule has 0 radical (unpaired) electrons. The van der Waals surface area contributed by atoms with Gasteiger partial charge >= 0.3 is 0 Å². The summed E-state index contributed by atoms with van der Waals surface area (Å²) in [6.07, 6.45) is 0.552. The Kier molecular flexibility index (Phi) is 6.97. The van der Waals surface area contributed by atoms with E-state index in [0.717, 1.165) is 5.56 Å². The number of hydrogen-bond acceptors (Lipinski definition) is 6. The number of rotatable bonds is 8. The first-order valence-electron chi connectivity index (χ1n) is 9.99. The van der Waals surface area contributed by atoms with Gasteiger partial charge in [-0.25, -0.2) is 0 Å². The summed E-state index contributed by atoms with van der Waals surface area (Å²) in [6, 6.07) is 11.5. The third-order valence-electron chi connectivity index (χ3n) is 5.39. The fourth-order valence-corrected chi connectivity index (χ4v) is 3.89. The molecule has 0 aliphatic carbocycles. The lowest BCUT2D eigenvalue weighted by Gasteiger charge is -2.26. The van der Waals surface area contributed by atoms with E-state index >= 15 is 0 Å². The number of nitrogens with zero attached hydrogens (tertiary/aromatic N) is 1. The summed E-state index contributed by atoms with van der Waals surface area (Å²) < 4.78 is 15.9. The number of ketones is 1. The largest absolute Gasteiger partial charge is 0.507 e. The van der Waals surface area contributed by atoms with E-state index < -0.39 is 17.7 Å². The number of aliphatic hydroxyl groups excluding tert-OH is 1. The van der Waals surface area contributed by atoms with E-state index in [-0.39, 0.29) is 11.3 Å². The van der Waals surface area contributed by atoms with Gasteiger partial charge in [-0.2, -0.15) is 0 Å². The number of para-hydroxylation sites is 1. The average molecular weight is 425 g/mol. The normalized spacial score (nSPS) is 17.8. The van der Waals surface area contributed by atoms with Gasteiger partial charge in [-0.1, -0.05) is 18.2 Å². The molecule has 164 valence electrons. The van der Waals surface area contributed by atoms with Crippen LogP contribution in [0.15, 0.2) is 48.0 Å². The molecule has 1 aliphatic heterocycles. The van der Waals surface area contributed by atoms with Crippen molar-refractivity contribution in [1.82, 2.24) is 4.90 Å². The Bertz CT molecular complexity index is 1010. The van der Waals surface area contributed by atoms with Crippen LogP contribution >= 0.6 is 0 Å². The van der Waals surface area contributed by atoms with Crippen molar-refractivity contribution < 1.29 is 28.9 Å². The second-order valence-electron chi connectivity index (χ2n) is 7.27. The number of Topliss-reactive ketones (excluding diaryl/α,β-unsaturated/α-hetero) is 1. The minimum Gasteiger partial charge on any atom is -0.507 e. The molecule has 1 saturated heterocycles. The highest BCUT2D eigenvalue weighted by Gasteiger charge is 2.46. The van der Waals surface area contributed by atoms with Gasteiger partial charge in [0, 0.05) is 31.4 Å². The van der Waals surface area contributed by atoms with Gasteiger partial charge in [0.1, 0.15) is 17.3 Å². The van der Waals surface area contributed by atoms with E-state index in [1.807, 2.05) is 19.1 Å². The lowest BCUT2D eigenvalue weighted by molar-refractivity contribution is -0.140. The number of benzene rings is 2. The molecule has 1 heterocycles. The van der Waals surface area contributed by atoms with Gasteiger partial charge in [0.2, 0.25) is 0 Å². The highest BCUT2D eigenvalue weighted by molar-refractivity contribution is 6.46. The maximum Gasteiger partial charge on any atom is 0.295 e. The second-order valence-corrected chi connectivity index (χ2v) is 7.27. The van der Waals surface area contributed by atoms with Crippen LogP contribution in [-0.2, 0) is 14.3 Å². The molecular formula is C24H27NO6. The van der Waals surface area contributed by atoms with Crippen molar-refractivity contribution in [2.24, 2.45) is 0 Å². The maximum absolute atomic E-state index is 13.0. The summed E-state index contributed by atoms with van der Waals surface area (Å²) in [5, 5.41) is 11.2. The molecule has 1 amide bonds. The van der Waals surface area contributed by atoms with Crippen molar-refractivity contribution in [3.05, 3.63) is 64.7 Å². The Morgan fingerprint density at radius 3 is 2.39 bits per heavy atom. The number of aryl methyl sites for hydroxylation is 1. The zero-order chi connectivity index (χ0) is 22.5. The minimum atomic E-state index is -0.768. The zero-order valence-electron chi connectivity index (χ0n) is 18.2. The lowest BCUT2D eigenvalue weighted by atomic mass is 9.94. The molecule has 31 heavy (non-hydrogen) atoms. The third-order valence-corrected chi connectivity index (χ3v) is 5.39.